The van der Waals surface area contributed by atoms with Crippen LogP contribution in [0.2, 0.25) is 0 Å². The van der Waals surface area contributed by atoms with Gasteiger partial charge >= 0.3 is 5.63 Å². The van der Waals surface area contributed by atoms with Crippen LogP contribution in [0.1, 0.15) is 28.8 Å². The number of likely N-dealkylation sites (tertiary alicyclic amines) is 1. The standard InChI is InChI=1S/C15H14BrNO3/c1-9-11-8-10(16)4-5-12(11)20-15(19)13(9)14(18)17-6-2-3-7-17/h4-5,8H,2-3,6-7H2,1H3. The molecule has 0 unspecified atom stereocenters. The molecule has 2 heterocycles. The van der Waals surface area contributed by atoms with Crippen LogP contribution < -0.4 is 5.63 Å². The number of amides is 1. The number of benzene rings is 1. The molecular formula is C15H14BrNO3. The van der Waals surface area contributed by atoms with Gasteiger partial charge in [-0.2, -0.15) is 0 Å². The van der Waals surface area contributed by atoms with E-state index in [1.54, 1.807) is 17.9 Å². The average molecular weight is 336 g/mol. The fraction of sp³-hybridized carbons (Fsp3) is 0.333. The Bertz CT molecular complexity index is 745. The summed E-state index contributed by atoms with van der Waals surface area (Å²) in [4.78, 5) is 26.3. The van der Waals surface area contributed by atoms with Crippen LogP contribution in [0.5, 0.6) is 0 Å². The van der Waals surface area contributed by atoms with Gasteiger partial charge in [0.15, 0.2) is 0 Å². The lowest BCUT2D eigenvalue weighted by molar-refractivity contribution is 0.0788. The van der Waals surface area contributed by atoms with Crippen molar-refractivity contribution in [2.24, 2.45) is 0 Å². The van der Waals surface area contributed by atoms with E-state index in [2.05, 4.69) is 15.9 Å². The molecule has 1 aliphatic rings. The first-order valence-corrected chi connectivity index (χ1v) is 7.39. The van der Waals surface area contributed by atoms with Crippen LogP contribution in [0.25, 0.3) is 11.0 Å². The number of halogens is 1. The Morgan fingerprint density at radius 1 is 1.30 bits per heavy atom. The third-order valence-corrected chi connectivity index (χ3v) is 4.23. The highest BCUT2D eigenvalue weighted by molar-refractivity contribution is 9.10. The lowest BCUT2D eigenvalue weighted by atomic mass is 10.1. The molecule has 1 fully saturated rings. The Hall–Kier alpha value is -1.62. The number of carbonyl (C=O) groups is 1. The molecule has 0 aliphatic carbocycles. The molecule has 1 amide bonds. The fourth-order valence-corrected chi connectivity index (χ4v) is 3.01. The zero-order chi connectivity index (χ0) is 14.3. The number of aryl methyl sites for hydroxylation is 1. The van der Waals surface area contributed by atoms with Crippen LogP contribution in [0.15, 0.2) is 31.9 Å². The van der Waals surface area contributed by atoms with E-state index in [1.807, 2.05) is 12.1 Å². The van der Waals surface area contributed by atoms with Crippen LogP contribution in [-0.4, -0.2) is 23.9 Å². The highest BCUT2D eigenvalue weighted by Crippen LogP contribution is 2.24. The smallest absolute Gasteiger partial charge is 0.349 e. The van der Waals surface area contributed by atoms with Gasteiger partial charge in [0.2, 0.25) is 0 Å². The quantitative estimate of drug-likeness (QED) is 0.752. The first kappa shape index (κ1) is 13.4. The van der Waals surface area contributed by atoms with Crippen molar-refractivity contribution in [1.29, 1.82) is 0 Å². The van der Waals surface area contributed by atoms with Crippen LogP contribution in [0.4, 0.5) is 0 Å². The molecule has 20 heavy (non-hydrogen) atoms. The maximum Gasteiger partial charge on any atom is 0.349 e. The predicted octanol–water partition coefficient (Wildman–Crippen LogP) is 3.10. The Morgan fingerprint density at radius 3 is 2.70 bits per heavy atom. The summed E-state index contributed by atoms with van der Waals surface area (Å²) in [5, 5.41) is 0.793. The molecule has 1 aromatic carbocycles. The van der Waals surface area contributed by atoms with Crippen molar-refractivity contribution in [1.82, 2.24) is 4.90 Å². The van der Waals surface area contributed by atoms with E-state index in [0.717, 1.165) is 22.7 Å². The van der Waals surface area contributed by atoms with Gasteiger partial charge < -0.3 is 9.32 Å². The van der Waals surface area contributed by atoms with Crippen LogP contribution >= 0.6 is 15.9 Å². The summed E-state index contributed by atoms with van der Waals surface area (Å²) in [6, 6.07) is 5.42. The topological polar surface area (TPSA) is 50.5 Å². The second-order valence-corrected chi connectivity index (χ2v) is 5.94. The van der Waals surface area contributed by atoms with Crippen LogP contribution in [0, 0.1) is 6.92 Å². The van der Waals surface area contributed by atoms with E-state index < -0.39 is 5.63 Å². The van der Waals surface area contributed by atoms with Crippen molar-refractivity contribution in [3.63, 3.8) is 0 Å². The Morgan fingerprint density at radius 2 is 2.00 bits per heavy atom. The molecular weight excluding hydrogens is 322 g/mol. The monoisotopic (exact) mass is 335 g/mol. The molecule has 4 nitrogen and oxygen atoms in total. The zero-order valence-corrected chi connectivity index (χ0v) is 12.7. The molecule has 1 aromatic heterocycles. The largest absolute Gasteiger partial charge is 0.422 e. The molecule has 2 aromatic rings. The minimum atomic E-state index is -0.547. The van der Waals surface area contributed by atoms with Gasteiger partial charge in [-0.25, -0.2) is 4.79 Å². The summed E-state index contributed by atoms with van der Waals surface area (Å²) in [6.07, 6.45) is 1.99. The van der Waals surface area contributed by atoms with E-state index in [-0.39, 0.29) is 11.5 Å². The average Bonchev–Trinajstić information content (AvgIpc) is 2.93. The molecule has 0 saturated carbocycles. The lowest BCUT2D eigenvalue weighted by Gasteiger charge is -2.16. The van der Waals surface area contributed by atoms with Crippen molar-refractivity contribution >= 4 is 32.8 Å². The van der Waals surface area contributed by atoms with E-state index in [9.17, 15) is 9.59 Å². The highest BCUT2D eigenvalue weighted by Gasteiger charge is 2.25. The number of rotatable bonds is 1. The molecule has 0 atom stereocenters. The normalized spacial score (nSPS) is 15.0. The van der Waals surface area contributed by atoms with Gasteiger partial charge in [0.1, 0.15) is 11.1 Å². The fourth-order valence-electron chi connectivity index (χ4n) is 2.65. The number of hydrogen-bond donors (Lipinski definition) is 0. The molecule has 5 heteroatoms. The van der Waals surface area contributed by atoms with Gasteiger partial charge in [-0.15, -0.1) is 0 Å². The van der Waals surface area contributed by atoms with Crippen LogP contribution in [-0.2, 0) is 0 Å². The third kappa shape index (κ3) is 2.16. The minimum Gasteiger partial charge on any atom is -0.422 e. The van der Waals surface area contributed by atoms with Crippen molar-refractivity contribution < 1.29 is 9.21 Å². The van der Waals surface area contributed by atoms with Crippen LogP contribution in [0.3, 0.4) is 0 Å². The molecule has 3 rings (SSSR count). The molecule has 0 spiro atoms. The Labute approximate surface area is 124 Å². The van der Waals surface area contributed by atoms with E-state index in [0.29, 0.717) is 24.2 Å². The van der Waals surface area contributed by atoms with Gasteiger partial charge in [0, 0.05) is 22.9 Å². The van der Waals surface area contributed by atoms with E-state index in [1.165, 1.54) is 0 Å². The lowest BCUT2D eigenvalue weighted by Crippen LogP contribution is -2.32. The first-order chi connectivity index (χ1) is 9.58. The predicted molar refractivity (Wildman–Crippen MR) is 80.1 cm³/mol. The van der Waals surface area contributed by atoms with Crippen molar-refractivity contribution in [2.75, 3.05) is 13.1 Å². The zero-order valence-electron chi connectivity index (χ0n) is 11.1. The maximum absolute atomic E-state index is 12.5. The summed E-state index contributed by atoms with van der Waals surface area (Å²) in [5.41, 5.74) is 0.815. The number of fused-ring (bicyclic) bond motifs is 1. The summed E-state index contributed by atoms with van der Waals surface area (Å²) in [6.45, 7) is 3.23. The van der Waals surface area contributed by atoms with Gasteiger partial charge in [0.05, 0.1) is 0 Å². The SMILES string of the molecule is Cc1c(C(=O)N2CCCC2)c(=O)oc2ccc(Br)cc12. The minimum absolute atomic E-state index is 0.164. The molecule has 0 bridgehead atoms. The molecule has 0 radical (unpaired) electrons. The Kier molecular flexibility index (Phi) is 3.38. The van der Waals surface area contributed by atoms with Crippen molar-refractivity contribution in [2.45, 2.75) is 19.8 Å². The Balaban J connectivity index is 2.19. The molecule has 104 valence electrons. The second-order valence-electron chi connectivity index (χ2n) is 5.03. The second kappa shape index (κ2) is 5.05. The first-order valence-electron chi connectivity index (χ1n) is 6.60. The molecule has 1 aliphatic heterocycles. The summed E-state index contributed by atoms with van der Waals surface area (Å²) < 4.78 is 6.18. The number of nitrogens with zero attached hydrogens (tertiary/aromatic N) is 1. The van der Waals surface area contributed by atoms with Gasteiger partial charge in [-0.05, 0) is 43.5 Å². The van der Waals surface area contributed by atoms with Crippen molar-refractivity contribution in [3.8, 4) is 0 Å². The summed E-state index contributed by atoms with van der Waals surface area (Å²) in [5.74, 6) is -0.212. The summed E-state index contributed by atoms with van der Waals surface area (Å²) >= 11 is 3.40. The number of hydrogen-bond acceptors (Lipinski definition) is 3. The van der Waals surface area contributed by atoms with Gasteiger partial charge in [0.25, 0.3) is 5.91 Å². The highest BCUT2D eigenvalue weighted by atomic mass is 79.9. The molecule has 0 N–H and O–H groups in total. The van der Waals surface area contributed by atoms with Crippen molar-refractivity contribution in [3.05, 3.63) is 44.2 Å². The summed E-state index contributed by atoms with van der Waals surface area (Å²) in [7, 11) is 0. The van der Waals surface area contributed by atoms with E-state index in [4.69, 9.17) is 4.42 Å². The van der Waals surface area contributed by atoms with Gasteiger partial charge in [-0.3, -0.25) is 4.79 Å². The molecule has 1 saturated heterocycles. The number of carbonyl (C=O) groups excluding carboxylic acids is 1. The third-order valence-electron chi connectivity index (χ3n) is 3.73. The van der Waals surface area contributed by atoms with E-state index >= 15 is 0 Å². The maximum atomic E-state index is 12.5. The van der Waals surface area contributed by atoms with Gasteiger partial charge in [-0.1, -0.05) is 15.9 Å².